The molecule has 138 valence electrons. The van der Waals surface area contributed by atoms with Gasteiger partial charge >= 0.3 is 0 Å². The second-order valence-electron chi connectivity index (χ2n) is 7.33. The van der Waals surface area contributed by atoms with Crippen LogP contribution < -0.4 is 0 Å². The molecule has 0 heterocycles. The predicted molar refractivity (Wildman–Crippen MR) is 108 cm³/mol. The first-order valence-electron chi connectivity index (χ1n) is 11.1. The molecule has 0 fully saturated rings. The van der Waals surface area contributed by atoms with Gasteiger partial charge in [0.05, 0.1) is 0 Å². The maximum absolute atomic E-state index is 2.35. The van der Waals surface area contributed by atoms with Crippen LogP contribution in [0.25, 0.3) is 0 Å². The van der Waals surface area contributed by atoms with Gasteiger partial charge in [-0.05, 0) is 19.3 Å². The molecule has 0 aromatic heterocycles. The summed E-state index contributed by atoms with van der Waals surface area (Å²) in [5.41, 5.74) is 0. The molecule has 0 aliphatic rings. The summed E-state index contributed by atoms with van der Waals surface area (Å²) in [5.74, 6) is 0. The van der Waals surface area contributed by atoms with Crippen molar-refractivity contribution < 1.29 is 0 Å². The molecule has 0 N–H and O–H groups in total. The monoisotopic (exact) mass is 322 g/mol. The topological polar surface area (TPSA) is 0 Å². The summed E-state index contributed by atoms with van der Waals surface area (Å²) < 4.78 is 0. The van der Waals surface area contributed by atoms with E-state index in [4.69, 9.17) is 0 Å². The summed E-state index contributed by atoms with van der Waals surface area (Å²) in [6.07, 6.45) is 32.0. The Morgan fingerprint density at radius 1 is 0.391 bits per heavy atom. The Bertz CT molecular complexity index is 216. The van der Waals surface area contributed by atoms with Gasteiger partial charge in [-0.1, -0.05) is 129 Å². The van der Waals surface area contributed by atoms with E-state index >= 15 is 0 Å². The zero-order valence-corrected chi connectivity index (χ0v) is 16.6. The fourth-order valence-corrected chi connectivity index (χ4v) is 3.27. The molecule has 0 rings (SSSR count). The van der Waals surface area contributed by atoms with Gasteiger partial charge in [-0.3, -0.25) is 0 Å². The lowest BCUT2D eigenvalue weighted by Gasteiger charge is -2.03. The summed E-state index contributed by atoms with van der Waals surface area (Å²) in [4.78, 5) is 0. The largest absolute Gasteiger partial charge is 0.0888 e. The molecule has 0 saturated heterocycles. The van der Waals surface area contributed by atoms with Crippen LogP contribution in [0.2, 0.25) is 0 Å². The van der Waals surface area contributed by atoms with Gasteiger partial charge in [-0.25, -0.2) is 0 Å². The van der Waals surface area contributed by atoms with E-state index in [9.17, 15) is 0 Å². The lowest BCUT2D eigenvalue weighted by atomic mass is 10.0. The highest BCUT2D eigenvalue weighted by Gasteiger charge is 1.94. The first kappa shape index (κ1) is 22.7. The Kier molecular flexibility index (Phi) is 21.5. The molecule has 0 amide bonds. The van der Waals surface area contributed by atoms with Crippen LogP contribution in [0.5, 0.6) is 0 Å². The van der Waals surface area contributed by atoms with Crippen LogP contribution in [0.4, 0.5) is 0 Å². The summed E-state index contributed by atoms with van der Waals surface area (Å²) in [6, 6.07) is 0. The third-order valence-corrected chi connectivity index (χ3v) is 4.88. The number of unbranched alkanes of at least 4 members (excludes halogenated alkanes) is 17. The molecule has 0 aromatic rings. The van der Waals surface area contributed by atoms with Crippen LogP contribution >= 0.6 is 0 Å². The van der Waals surface area contributed by atoms with Crippen molar-refractivity contribution in [3.05, 3.63) is 12.2 Å². The lowest BCUT2D eigenvalue weighted by molar-refractivity contribution is 0.527. The average molecular weight is 323 g/mol. The lowest BCUT2D eigenvalue weighted by Crippen LogP contribution is -1.83. The van der Waals surface area contributed by atoms with Crippen molar-refractivity contribution in [3.8, 4) is 0 Å². The summed E-state index contributed by atoms with van der Waals surface area (Å²) in [6.45, 7) is 4.51. The fourth-order valence-electron chi connectivity index (χ4n) is 3.27. The number of rotatable bonds is 19. The van der Waals surface area contributed by atoms with E-state index in [0.717, 1.165) is 0 Å². The van der Waals surface area contributed by atoms with Crippen molar-refractivity contribution in [1.82, 2.24) is 0 Å². The molecule has 0 atom stereocenters. The zero-order chi connectivity index (χ0) is 16.8. The maximum atomic E-state index is 2.35. The first-order chi connectivity index (χ1) is 11.4. The smallest absolute Gasteiger partial charge is 0.0351 e. The van der Waals surface area contributed by atoms with Gasteiger partial charge < -0.3 is 0 Å². The molecule has 0 unspecified atom stereocenters. The van der Waals surface area contributed by atoms with E-state index in [1.54, 1.807) is 0 Å². The number of hydrogen-bond donors (Lipinski definition) is 0. The van der Waals surface area contributed by atoms with Crippen LogP contribution in [0, 0.1) is 0 Å². The Morgan fingerprint density at radius 2 is 0.739 bits per heavy atom. The van der Waals surface area contributed by atoms with Crippen LogP contribution in [0.1, 0.15) is 136 Å². The van der Waals surface area contributed by atoms with Crippen LogP contribution in [-0.4, -0.2) is 0 Å². The van der Waals surface area contributed by atoms with E-state index in [2.05, 4.69) is 26.0 Å². The van der Waals surface area contributed by atoms with Gasteiger partial charge in [0, 0.05) is 0 Å². The molecule has 0 radical (unpaired) electrons. The van der Waals surface area contributed by atoms with E-state index in [1.807, 2.05) is 0 Å². The maximum Gasteiger partial charge on any atom is -0.0351 e. The Morgan fingerprint density at radius 3 is 1.09 bits per heavy atom. The molecule has 0 aliphatic heterocycles. The van der Waals surface area contributed by atoms with Crippen molar-refractivity contribution in [2.75, 3.05) is 0 Å². The molecular formula is C23H46. The van der Waals surface area contributed by atoms with Gasteiger partial charge in [0.1, 0.15) is 0 Å². The van der Waals surface area contributed by atoms with E-state index in [-0.39, 0.29) is 0 Å². The Labute approximate surface area is 148 Å². The third kappa shape index (κ3) is 21.7. The van der Waals surface area contributed by atoms with Crippen molar-refractivity contribution >= 4 is 0 Å². The van der Waals surface area contributed by atoms with Gasteiger partial charge in [0.2, 0.25) is 0 Å². The Balaban J connectivity index is 2.96. The van der Waals surface area contributed by atoms with Crippen LogP contribution in [0.15, 0.2) is 12.2 Å². The fraction of sp³-hybridized carbons (Fsp3) is 0.913. The Hall–Kier alpha value is -0.260. The zero-order valence-electron chi connectivity index (χ0n) is 16.6. The van der Waals surface area contributed by atoms with Crippen molar-refractivity contribution in [3.63, 3.8) is 0 Å². The first-order valence-corrected chi connectivity index (χ1v) is 11.1. The van der Waals surface area contributed by atoms with Gasteiger partial charge in [0.25, 0.3) is 0 Å². The summed E-state index contributed by atoms with van der Waals surface area (Å²) in [5, 5.41) is 0. The van der Waals surface area contributed by atoms with Gasteiger partial charge in [-0.2, -0.15) is 0 Å². The SMILES string of the molecule is CC/C=C/CCCCCCCCCCCCCCCCCCC. The molecular weight excluding hydrogens is 276 g/mol. The normalized spacial score (nSPS) is 11.6. The van der Waals surface area contributed by atoms with Crippen LogP contribution in [0.3, 0.4) is 0 Å². The van der Waals surface area contributed by atoms with E-state index < -0.39 is 0 Å². The number of hydrogen-bond acceptors (Lipinski definition) is 0. The quantitative estimate of drug-likeness (QED) is 0.164. The second-order valence-corrected chi connectivity index (χ2v) is 7.33. The van der Waals surface area contributed by atoms with E-state index in [1.165, 1.54) is 122 Å². The third-order valence-electron chi connectivity index (χ3n) is 4.88. The highest BCUT2D eigenvalue weighted by atomic mass is 14.0. The second kappa shape index (κ2) is 21.7. The average Bonchev–Trinajstić information content (AvgIpc) is 2.57. The molecule has 0 saturated carbocycles. The number of allylic oxidation sites excluding steroid dienone is 2. The molecule has 0 aromatic carbocycles. The van der Waals surface area contributed by atoms with Crippen molar-refractivity contribution in [2.24, 2.45) is 0 Å². The highest BCUT2D eigenvalue weighted by molar-refractivity contribution is 4.79. The van der Waals surface area contributed by atoms with Gasteiger partial charge in [-0.15, -0.1) is 0 Å². The minimum atomic E-state index is 1.19. The van der Waals surface area contributed by atoms with E-state index in [0.29, 0.717) is 0 Å². The van der Waals surface area contributed by atoms with Gasteiger partial charge in [0.15, 0.2) is 0 Å². The standard InChI is InChI=1S/C23H46/c1-3-5-7-9-11-13-15-17-19-21-23-22-20-18-16-14-12-10-8-6-4-2/h5,7H,3-4,6,8-23H2,1-2H3/b7-5+. The molecule has 0 nitrogen and oxygen atoms in total. The molecule has 0 aliphatic carbocycles. The van der Waals surface area contributed by atoms with Crippen molar-refractivity contribution in [2.45, 2.75) is 136 Å². The minimum absolute atomic E-state index is 1.19. The predicted octanol–water partition coefficient (Wildman–Crippen LogP) is 8.99. The van der Waals surface area contributed by atoms with Crippen molar-refractivity contribution in [1.29, 1.82) is 0 Å². The summed E-state index contributed by atoms with van der Waals surface area (Å²) in [7, 11) is 0. The summed E-state index contributed by atoms with van der Waals surface area (Å²) >= 11 is 0. The molecule has 23 heavy (non-hydrogen) atoms. The highest BCUT2D eigenvalue weighted by Crippen LogP contribution is 2.14. The molecule has 0 spiro atoms. The van der Waals surface area contributed by atoms with Crippen LogP contribution in [-0.2, 0) is 0 Å². The molecule has 0 heteroatoms. The molecule has 0 bridgehead atoms. The minimum Gasteiger partial charge on any atom is -0.0888 e.